The molecule has 0 spiro atoms. The molecule has 3 heterocycles. The number of anilines is 1. The van der Waals surface area contributed by atoms with E-state index in [0.717, 1.165) is 41.8 Å². The van der Waals surface area contributed by atoms with Crippen LogP contribution in [0.4, 0.5) is 5.82 Å². The van der Waals surface area contributed by atoms with Gasteiger partial charge in [0, 0.05) is 30.9 Å². The molecule has 1 fully saturated rings. The molecular weight excluding hydrogens is 418 g/mol. The average molecular weight is 446 g/mol. The van der Waals surface area contributed by atoms with E-state index in [9.17, 15) is 9.59 Å². The van der Waals surface area contributed by atoms with Crippen LogP contribution in [0, 0.1) is 5.92 Å². The molecule has 9 nitrogen and oxygen atoms in total. The lowest BCUT2D eigenvalue weighted by Crippen LogP contribution is -2.38. The highest BCUT2D eigenvalue weighted by Crippen LogP contribution is 2.40. The smallest absolute Gasteiger partial charge is 0.330 e. The number of nitrogens with zero attached hydrogens (tertiary/aromatic N) is 3. The Kier molecular flexibility index (Phi) is 5.55. The summed E-state index contributed by atoms with van der Waals surface area (Å²) in [6.07, 6.45) is 4.55. The van der Waals surface area contributed by atoms with Crippen molar-refractivity contribution >= 4 is 17.0 Å². The Morgan fingerprint density at radius 3 is 2.70 bits per heavy atom. The van der Waals surface area contributed by atoms with Gasteiger partial charge in [-0.2, -0.15) is 0 Å². The van der Waals surface area contributed by atoms with Gasteiger partial charge in [0.05, 0.1) is 0 Å². The number of rotatable bonds is 8. The van der Waals surface area contributed by atoms with Crippen LogP contribution in [0.5, 0.6) is 0 Å². The molecule has 9 heteroatoms. The van der Waals surface area contributed by atoms with Crippen LogP contribution in [-0.2, 0) is 13.1 Å². The van der Waals surface area contributed by atoms with Crippen LogP contribution in [0.25, 0.3) is 22.6 Å². The molecule has 33 heavy (non-hydrogen) atoms. The van der Waals surface area contributed by atoms with Crippen molar-refractivity contribution in [3.05, 3.63) is 74.6 Å². The maximum Gasteiger partial charge on any atom is 0.330 e. The quantitative estimate of drug-likeness (QED) is 0.329. The summed E-state index contributed by atoms with van der Waals surface area (Å²) in [6.45, 7) is 3.15. The van der Waals surface area contributed by atoms with E-state index in [2.05, 4.69) is 31.3 Å². The van der Waals surface area contributed by atoms with Crippen molar-refractivity contribution in [2.24, 2.45) is 11.7 Å². The van der Waals surface area contributed by atoms with E-state index >= 15 is 0 Å². The molecule has 0 radical (unpaired) electrons. The third-order valence-corrected chi connectivity index (χ3v) is 6.23. The van der Waals surface area contributed by atoms with Gasteiger partial charge in [-0.3, -0.25) is 14.3 Å². The van der Waals surface area contributed by atoms with Gasteiger partial charge >= 0.3 is 5.69 Å². The van der Waals surface area contributed by atoms with Crippen molar-refractivity contribution in [2.45, 2.75) is 45.3 Å². The predicted octanol–water partition coefficient (Wildman–Crippen LogP) is 2.91. The Hall–Kier alpha value is -3.72. The summed E-state index contributed by atoms with van der Waals surface area (Å²) in [4.78, 5) is 40.5. The molecule has 3 aromatic heterocycles. The molecule has 1 aliphatic rings. The highest BCUT2D eigenvalue weighted by molar-refractivity contribution is 5.74. The van der Waals surface area contributed by atoms with Gasteiger partial charge in [0.2, 0.25) is 0 Å². The summed E-state index contributed by atoms with van der Waals surface area (Å²) < 4.78 is 1.35. The summed E-state index contributed by atoms with van der Waals surface area (Å²) in [5.41, 5.74) is 8.49. The molecule has 0 aliphatic heterocycles. The Balaban J connectivity index is 1.38. The van der Waals surface area contributed by atoms with Crippen molar-refractivity contribution in [2.75, 3.05) is 5.32 Å². The van der Waals surface area contributed by atoms with E-state index in [-0.39, 0.29) is 17.2 Å². The first-order valence-electron chi connectivity index (χ1n) is 11.3. The first-order chi connectivity index (χ1) is 16.1. The van der Waals surface area contributed by atoms with E-state index in [4.69, 9.17) is 5.73 Å². The Morgan fingerprint density at radius 1 is 1.18 bits per heavy atom. The fraction of sp³-hybridized carbons (Fsp3) is 0.333. The van der Waals surface area contributed by atoms with Gasteiger partial charge in [-0.05, 0) is 48.4 Å². The van der Waals surface area contributed by atoms with E-state index in [1.807, 2.05) is 37.3 Å². The molecule has 1 aromatic carbocycles. The molecule has 1 saturated carbocycles. The third kappa shape index (κ3) is 4.19. The van der Waals surface area contributed by atoms with E-state index in [0.29, 0.717) is 30.3 Å². The van der Waals surface area contributed by atoms with Crippen LogP contribution in [0.15, 0.2) is 52.2 Å². The molecule has 0 bridgehead atoms. The van der Waals surface area contributed by atoms with E-state index in [1.54, 1.807) is 6.20 Å². The Bertz CT molecular complexity index is 1400. The van der Waals surface area contributed by atoms with Crippen LogP contribution < -0.4 is 22.3 Å². The summed E-state index contributed by atoms with van der Waals surface area (Å²) in [5.74, 6) is 1.61. The second kappa shape index (κ2) is 8.67. The van der Waals surface area contributed by atoms with E-state index < -0.39 is 5.69 Å². The first kappa shape index (κ1) is 21.1. The molecule has 1 atom stereocenters. The standard InChI is InChI=1S/C24H27N7O2/c1-2-18(16-6-7-16)31-23(32)20-22(30-24(31)33)29-21(28-20)17-8-9-19(27-13-17)26-12-15-5-3-4-14(10-15)11-25/h3-5,8-10,13,16,18H,2,6-7,11-12,25H2,1H3,(H,26,27)(H,28,29)(H,30,33). The molecular formula is C24H27N7O2. The molecule has 0 amide bonds. The van der Waals surface area contributed by atoms with Crippen LogP contribution in [0.3, 0.4) is 0 Å². The van der Waals surface area contributed by atoms with Gasteiger partial charge < -0.3 is 16.0 Å². The number of imidazole rings is 1. The maximum atomic E-state index is 13.1. The summed E-state index contributed by atoms with van der Waals surface area (Å²) >= 11 is 0. The van der Waals surface area contributed by atoms with Gasteiger partial charge in [-0.1, -0.05) is 31.2 Å². The third-order valence-electron chi connectivity index (χ3n) is 6.23. The number of aromatic amines is 2. The van der Waals surface area contributed by atoms with Crippen LogP contribution in [-0.4, -0.2) is 24.5 Å². The largest absolute Gasteiger partial charge is 0.366 e. The number of hydrogen-bond acceptors (Lipinski definition) is 6. The normalized spacial score (nSPS) is 14.5. The highest BCUT2D eigenvalue weighted by atomic mass is 16.2. The molecule has 5 N–H and O–H groups in total. The molecule has 1 unspecified atom stereocenters. The summed E-state index contributed by atoms with van der Waals surface area (Å²) in [5, 5.41) is 3.29. The van der Waals surface area contributed by atoms with Gasteiger partial charge in [0.1, 0.15) is 17.2 Å². The summed E-state index contributed by atoms with van der Waals surface area (Å²) in [7, 11) is 0. The van der Waals surface area contributed by atoms with Gasteiger partial charge in [0.15, 0.2) is 5.65 Å². The number of hydrogen-bond donors (Lipinski definition) is 4. The predicted molar refractivity (Wildman–Crippen MR) is 128 cm³/mol. The van der Waals surface area contributed by atoms with Crippen molar-refractivity contribution in [3.8, 4) is 11.4 Å². The van der Waals surface area contributed by atoms with E-state index in [1.165, 1.54) is 4.57 Å². The second-order valence-corrected chi connectivity index (χ2v) is 8.54. The van der Waals surface area contributed by atoms with Gasteiger partial charge in [-0.25, -0.2) is 14.8 Å². The molecule has 5 rings (SSSR count). The number of nitrogens with one attached hydrogen (secondary N) is 3. The first-order valence-corrected chi connectivity index (χ1v) is 11.3. The van der Waals surface area contributed by atoms with Crippen molar-refractivity contribution in [1.82, 2.24) is 24.5 Å². The lowest BCUT2D eigenvalue weighted by Gasteiger charge is -2.15. The number of H-pyrrole nitrogens is 2. The average Bonchev–Trinajstić information content (AvgIpc) is 3.59. The zero-order chi connectivity index (χ0) is 22.9. The molecule has 1 aliphatic carbocycles. The van der Waals surface area contributed by atoms with Gasteiger partial charge in [0.25, 0.3) is 5.56 Å². The monoisotopic (exact) mass is 445 g/mol. The SMILES string of the molecule is CCC(C1CC1)n1c(=O)[nH]c2nc(-c3ccc(NCc4cccc(CN)c4)nc3)[nH]c2c1=O. The van der Waals surface area contributed by atoms with Crippen LogP contribution in [0.1, 0.15) is 43.4 Å². The van der Waals surface area contributed by atoms with Crippen LogP contribution >= 0.6 is 0 Å². The van der Waals surface area contributed by atoms with Crippen molar-refractivity contribution in [1.29, 1.82) is 0 Å². The van der Waals surface area contributed by atoms with Crippen LogP contribution in [0.2, 0.25) is 0 Å². The van der Waals surface area contributed by atoms with Gasteiger partial charge in [-0.15, -0.1) is 0 Å². The van der Waals surface area contributed by atoms with Crippen molar-refractivity contribution in [3.63, 3.8) is 0 Å². The number of nitrogens with two attached hydrogens (primary N) is 1. The molecule has 0 saturated heterocycles. The lowest BCUT2D eigenvalue weighted by atomic mass is 10.1. The second-order valence-electron chi connectivity index (χ2n) is 8.54. The van der Waals surface area contributed by atoms with Crippen molar-refractivity contribution < 1.29 is 0 Å². The highest BCUT2D eigenvalue weighted by Gasteiger charge is 2.33. The molecule has 170 valence electrons. The number of aromatic nitrogens is 5. The minimum Gasteiger partial charge on any atom is -0.366 e. The Labute approximate surface area is 190 Å². The lowest BCUT2D eigenvalue weighted by molar-refractivity contribution is 0.406. The fourth-order valence-corrected chi connectivity index (χ4v) is 4.34. The minimum absolute atomic E-state index is 0.0741. The Morgan fingerprint density at radius 2 is 2.00 bits per heavy atom. The number of pyridine rings is 1. The summed E-state index contributed by atoms with van der Waals surface area (Å²) in [6, 6.07) is 11.7. The topological polar surface area (TPSA) is 134 Å². The zero-order valence-electron chi connectivity index (χ0n) is 18.5. The minimum atomic E-state index is -0.402. The zero-order valence-corrected chi connectivity index (χ0v) is 18.5. The number of fused-ring (bicyclic) bond motifs is 1. The maximum absolute atomic E-state index is 13.1. The fourth-order valence-electron chi connectivity index (χ4n) is 4.34. The molecule has 4 aromatic rings. The number of benzene rings is 1.